The summed E-state index contributed by atoms with van der Waals surface area (Å²) in [7, 11) is 1.80. The Labute approximate surface area is 171 Å². The largest absolute Gasteiger partial charge is 0.351 e. The molecule has 0 aliphatic rings. The smallest absolute Gasteiger partial charge is 0.254 e. The Balaban J connectivity index is 1.47. The predicted octanol–water partition coefficient (Wildman–Crippen LogP) is 2.66. The quantitative estimate of drug-likeness (QED) is 0.554. The Morgan fingerprint density at radius 2 is 1.79 bits per heavy atom. The van der Waals surface area contributed by atoms with Gasteiger partial charge in [0.1, 0.15) is 11.6 Å². The Bertz CT molecular complexity index is 994. The number of nitrogens with one attached hydrogen (secondary N) is 2. The van der Waals surface area contributed by atoms with Gasteiger partial charge >= 0.3 is 0 Å². The van der Waals surface area contributed by atoms with Gasteiger partial charge in [-0.05, 0) is 24.3 Å². The first kappa shape index (κ1) is 20.5. The van der Waals surface area contributed by atoms with Crippen LogP contribution in [0.25, 0.3) is 0 Å². The van der Waals surface area contributed by atoms with Crippen molar-refractivity contribution in [2.45, 2.75) is 11.6 Å². The number of rotatable bonds is 8. The lowest BCUT2D eigenvalue weighted by Gasteiger charge is -2.07. The second-order valence-corrected chi connectivity index (χ2v) is 7.09. The van der Waals surface area contributed by atoms with Crippen LogP contribution >= 0.6 is 11.8 Å². The van der Waals surface area contributed by atoms with Crippen molar-refractivity contribution in [1.82, 2.24) is 20.1 Å². The first-order valence-electron chi connectivity index (χ1n) is 8.93. The topological polar surface area (TPSA) is 88.9 Å². The van der Waals surface area contributed by atoms with Gasteiger partial charge in [0.2, 0.25) is 5.91 Å². The van der Waals surface area contributed by atoms with Crippen molar-refractivity contribution in [3.05, 3.63) is 71.8 Å². The summed E-state index contributed by atoms with van der Waals surface area (Å²) in [5, 5.41) is 14.3. The molecule has 2 N–H and O–H groups in total. The molecule has 150 valence electrons. The molecule has 0 unspecified atom stereocenters. The highest BCUT2D eigenvalue weighted by molar-refractivity contribution is 7.99. The average Bonchev–Trinajstić information content (AvgIpc) is 3.07. The maximum atomic E-state index is 13.6. The average molecular weight is 413 g/mol. The van der Waals surface area contributed by atoms with Crippen molar-refractivity contribution in [3.8, 4) is 0 Å². The van der Waals surface area contributed by atoms with Gasteiger partial charge < -0.3 is 15.2 Å². The van der Waals surface area contributed by atoms with Crippen LogP contribution in [0.5, 0.6) is 0 Å². The molecule has 0 bridgehead atoms. The SMILES string of the molecule is Cn1c(CCNC(=O)c2ccccc2F)nnc1SCC(=O)Nc1ccccc1. The van der Waals surface area contributed by atoms with Crippen molar-refractivity contribution in [1.29, 1.82) is 0 Å². The van der Waals surface area contributed by atoms with E-state index in [-0.39, 0.29) is 23.8 Å². The number of carbonyl (C=O) groups excluding carboxylic acids is 2. The van der Waals surface area contributed by atoms with E-state index in [1.54, 1.807) is 17.7 Å². The van der Waals surface area contributed by atoms with Crippen LogP contribution < -0.4 is 10.6 Å². The fourth-order valence-electron chi connectivity index (χ4n) is 2.57. The molecule has 2 aromatic carbocycles. The maximum Gasteiger partial charge on any atom is 0.254 e. The molecule has 0 saturated heterocycles. The van der Waals surface area contributed by atoms with Gasteiger partial charge in [0.15, 0.2) is 5.16 Å². The maximum absolute atomic E-state index is 13.6. The molecule has 0 aliphatic heterocycles. The highest BCUT2D eigenvalue weighted by Crippen LogP contribution is 2.16. The number of nitrogens with zero attached hydrogens (tertiary/aromatic N) is 3. The van der Waals surface area contributed by atoms with Crippen LogP contribution in [0.4, 0.5) is 10.1 Å². The van der Waals surface area contributed by atoms with Crippen molar-refractivity contribution >= 4 is 29.3 Å². The van der Waals surface area contributed by atoms with Crippen LogP contribution in [0.1, 0.15) is 16.2 Å². The first-order valence-corrected chi connectivity index (χ1v) is 9.92. The predicted molar refractivity (Wildman–Crippen MR) is 109 cm³/mol. The molecule has 7 nitrogen and oxygen atoms in total. The highest BCUT2D eigenvalue weighted by Gasteiger charge is 2.13. The minimum Gasteiger partial charge on any atom is -0.351 e. The van der Waals surface area contributed by atoms with Crippen molar-refractivity contribution < 1.29 is 14.0 Å². The molecule has 1 aromatic heterocycles. The lowest BCUT2D eigenvalue weighted by Crippen LogP contribution is -2.27. The van der Waals surface area contributed by atoms with Crippen LogP contribution in [-0.4, -0.2) is 38.9 Å². The first-order chi connectivity index (χ1) is 14.0. The van der Waals surface area contributed by atoms with Gasteiger partial charge in [-0.3, -0.25) is 9.59 Å². The molecule has 1 heterocycles. The van der Waals surface area contributed by atoms with Crippen LogP contribution in [0.3, 0.4) is 0 Å². The van der Waals surface area contributed by atoms with E-state index in [1.165, 1.54) is 30.0 Å². The fraction of sp³-hybridized carbons (Fsp3) is 0.200. The Kier molecular flexibility index (Phi) is 6.96. The Morgan fingerprint density at radius 1 is 1.07 bits per heavy atom. The van der Waals surface area contributed by atoms with Gasteiger partial charge in [0.05, 0.1) is 11.3 Å². The van der Waals surface area contributed by atoms with Gasteiger partial charge in [-0.25, -0.2) is 4.39 Å². The summed E-state index contributed by atoms with van der Waals surface area (Å²) in [6.45, 7) is 0.290. The van der Waals surface area contributed by atoms with Crippen molar-refractivity contribution in [2.24, 2.45) is 7.05 Å². The third-order valence-electron chi connectivity index (χ3n) is 4.07. The summed E-state index contributed by atoms with van der Waals surface area (Å²) < 4.78 is 15.4. The van der Waals surface area contributed by atoms with Crippen LogP contribution in [0, 0.1) is 5.82 Å². The zero-order valence-corrected chi connectivity index (χ0v) is 16.6. The van der Waals surface area contributed by atoms with Crippen molar-refractivity contribution in [2.75, 3.05) is 17.6 Å². The van der Waals surface area contributed by atoms with Gasteiger partial charge in [0.25, 0.3) is 5.91 Å². The molecule has 0 fully saturated rings. The number of hydrogen-bond donors (Lipinski definition) is 2. The van der Waals surface area contributed by atoms with Crippen LogP contribution in [-0.2, 0) is 18.3 Å². The van der Waals surface area contributed by atoms with E-state index in [4.69, 9.17) is 0 Å². The van der Waals surface area contributed by atoms with E-state index in [0.29, 0.717) is 17.4 Å². The van der Waals surface area contributed by atoms with E-state index >= 15 is 0 Å². The number of thioether (sulfide) groups is 1. The molecule has 0 radical (unpaired) electrons. The second-order valence-electron chi connectivity index (χ2n) is 6.15. The molecular weight excluding hydrogens is 393 g/mol. The molecule has 29 heavy (non-hydrogen) atoms. The molecule has 3 rings (SSSR count). The molecular formula is C20H20FN5O2S. The molecule has 0 spiro atoms. The minimum absolute atomic E-state index is 0.00568. The molecule has 0 atom stereocenters. The molecule has 9 heteroatoms. The number of benzene rings is 2. The zero-order chi connectivity index (χ0) is 20.6. The normalized spacial score (nSPS) is 10.6. The standard InChI is InChI=1S/C20H20FN5O2S/c1-26-17(11-12-22-19(28)15-9-5-6-10-16(15)21)24-25-20(26)29-13-18(27)23-14-7-3-2-4-8-14/h2-10H,11-13H2,1H3,(H,22,28)(H,23,27). The highest BCUT2D eigenvalue weighted by atomic mass is 32.2. The molecule has 2 amide bonds. The van der Waals surface area contributed by atoms with Crippen LogP contribution in [0.15, 0.2) is 59.8 Å². The van der Waals surface area contributed by atoms with E-state index in [0.717, 1.165) is 5.69 Å². The molecule has 0 saturated carbocycles. The second kappa shape index (κ2) is 9.83. The third kappa shape index (κ3) is 5.64. The molecule has 3 aromatic rings. The Hall–Kier alpha value is -3.20. The summed E-state index contributed by atoms with van der Waals surface area (Å²) in [6.07, 6.45) is 0.431. The number of para-hydroxylation sites is 1. The number of amides is 2. The summed E-state index contributed by atoms with van der Waals surface area (Å²) in [4.78, 5) is 24.1. The minimum atomic E-state index is -0.559. The third-order valence-corrected chi connectivity index (χ3v) is 5.09. The van der Waals surface area contributed by atoms with Gasteiger partial charge in [-0.15, -0.1) is 10.2 Å². The van der Waals surface area contributed by atoms with E-state index in [2.05, 4.69) is 20.8 Å². The number of hydrogen-bond acceptors (Lipinski definition) is 5. The molecule has 0 aliphatic carbocycles. The number of carbonyl (C=O) groups is 2. The number of anilines is 1. The van der Waals surface area contributed by atoms with Crippen LogP contribution in [0.2, 0.25) is 0 Å². The number of aromatic nitrogens is 3. The van der Waals surface area contributed by atoms with Gasteiger partial charge in [0, 0.05) is 25.7 Å². The van der Waals surface area contributed by atoms with Gasteiger partial charge in [-0.2, -0.15) is 0 Å². The van der Waals surface area contributed by atoms with Crippen molar-refractivity contribution in [3.63, 3.8) is 0 Å². The fourth-order valence-corrected chi connectivity index (χ4v) is 3.30. The zero-order valence-electron chi connectivity index (χ0n) is 15.8. The summed E-state index contributed by atoms with van der Waals surface area (Å²) >= 11 is 1.27. The van der Waals surface area contributed by atoms with E-state index < -0.39 is 11.7 Å². The lowest BCUT2D eigenvalue weighted by molar-refractivity contribution is -0.113. The summed E-state index contributed by atoms with van der Waals surface area (Å²) in [6, 6.07) is 15.0. The van der Waals surface area contributed by atoms with E-state index in [1.807, 2.05) is 30.3 Å². The Morgan fingerprint density at radius 3 is 2.55 bits per heavy atom. The van der Waals surface area contributed by atoms with E-state index in [9.17, 15) is 14.0 Å². The lowest BCUT2D eigenvalue weighted by atomic mass is 10.2. The summed E-state index contributed by atoms with van der Waals surface area (Å²) in [5.74, 6) is -0.313. The monoisotopic (exact) mass is 413 g/mol. The van der Waals surface area contributed by atoms with Gasteiger partial charge in [-0.1, -0.05) is 42.1 Å². The summed E-state index contributed by atoms with van der Waals surface area (Å²) in [5.41, 5.74) is 0.744. The number of halogens is 1.